The summed E-state index contributed by atoms with van der Waals surface area (Å²) in [4.78, 5) is 55.2. The minimum Gasteiger partial charge on any atom is -0.462 e. The maximum absolute atomic E-state index is 12.0. The third-order valence-corrected chi connectivity index (χ3v) is 7.28. The summed E-state index contributed by atoms with van der Waals surface area (Å²) in [5.41, 5.74) is 9.02. The third kappa shape index (κ3) is 6.77. The van der Waals surface area contributed by atoms with Crippen molar-refractivity contribution in [2.75, 3.05) is 36.2 Å². The molecule has 2 aromatic rings. The van der Waals surface area contributed by atoms with Crippen molar-refractivity contribution < 1.29 is 28.5 Å². The molecule has 4 rings (SSSR count). The van der Waals surface area contributed by atoms with E-state index in [9.17, 15) is 19.2 Å². The Morgan fingerprint density at radius 2 is 1.28 bits per heavy atom. The van der Waals surface area contributed by atoms with Gasteiger partial charge in [0.05, 0.1) is 12.8 Å². The van der Waals surface area contributed by atoms with Crippen molar-refractivity contribution in [3.05, 3.63) is 45.5 Å². The van der Waals surface area contributed by atoms with Crippen LogP contribution in [-0.4, -0.2) is 66.6 Å². The van der Waals surface area contributed by atoms with Gasteiger partial charge in [-0.15, -0.1) is 23.5 Å². The minimum atomic E-state index is -0.576. The van der Waals surface area contributed by atoms with Crippen LogP contribution in [0.1, 0.15) is 25.3 Å². The number of thioether (sulfide) groups is 2. The number of carbonyl (C=O) groups excluding carboxylic acids is 2. The van der Waals surface area contributed by atoms with Crippen LogP contribution in [-0.2, 0) is 28.5 Å². The summed E-state index contributed by atoms with van der Waals surface area (Å²) in [6.45, 7) is -0.0565. The SMILES string of the molecule is Nc1ccn([C@H]2CS[C@@H](COC(=O)CCC(=O)OC[C@H]3O[C@@H](n4ccc(N)nc4=O)CS3)O2)c(=O)n1. The van der Waals surface area contributed by atoms with Gasteiger partial charge in [0.15, 0.2) is 0 Å². The molecule has 16 heteroatoms. The molecule has 2 aliphatic heterocycles. The van der Waals surface area contributed by atoms with Gasteiger partial charge in [0.1, 0.15) is 48.2 Å². The molecular formula is C20H24N6O8S2. The van der Waals surface area contributed by atoms with Crippen molar-refractivity contribution in [2.24, 2.45) is 0 Å². The van der Waals surface area contributed by atoms with Gasteiger partial charge in [-0.05, 0) is 12.1 Å². The molecule has 2 saturated heterocycles. The van der Waals surface area contributed by atoms with Gasteiger partial charge in [0.25, 0.3) is 0 Å². The molecule has 0 unspecified atom stereocenters. The van der Waals surface area contributed by atoms with E-state index in [4.69, 9.17) is 30.4 Å². The van der Waals surface area contributed by atoms with Crippen molar-refractivity contribution in [3.63, 3.8) is 0 Å². The monoisotopic (exact) mass is 540 g/mol. The summed E-state index contributed by atoms with van der Waals surface area (Å²) >= 11 is 2.78. The second-order valence-electron chi connectivity index (χ2n) is 7.66. The fourth-order valence-electron chi connectivity index (χ4n) is 3.31. The minimum absolute atomic E-state index is 0.0283. The quantitative estimate of drug-likeness (QED) is 0.394. The van der Waals surface area contributed by atoms with E-state index in [1.165, 1.54) is 57.2 Å². The Bertz CT molecular complexity index is 1130. The van der Waals surface area contributed by atoms with Gasteiger partial charge >= 0.3 is 23.3 Å². The first-order chi connectivity index (χ1) is 17.3. The van der Waals surface area contributed by atoms with Gasteiger partial charge in [-0.3, -0.25) is 18.7 Å². The molecule has 4 N–H and O–H groups in total. The third-order valence-electron chi connectivity index (χ3n) is 5.08. The lowest BCUT2D eigenvalue weighted by Crippen LogP contribution is -2.29. The number of aromatic nitrogens is 4. The lowest BCUT2D eigenvalue weighted by atomic mass is 10.3. The van der Waals surface area contributed by atoms with Crippen molar-refractivity contribution >= 4 is 47.1 Å². The molecule has 0 saturated carbocycles. The number of nitrogens with two attached hydrogens (primary N) is 2. The first-order valence-corrected chi connectivity index (χ1v) is 12.9. The van der Waals surface area contributed by atoms with Gasteiger partial charge in [-0.1, -0.05) is 0 Å². The van der Waals surface area contributed by atoms with Crippen LogP contribution < -0.4 is 22.8 Å². The standard InChI is InChI=1S/C20H24N6O8S2/c21-11-3-5-25(19(29)23-11)13-9-35-17(33-13)7-31-15(27)1-2-16(28)32-8-18-34-14(10-36-18)26-6-4-12(22)24-20(26)30/h3-6,13-14,17-18H,1-2,7-10H2,(H2,21,23,29)(H2,22,24,30)/t13-,14-,17+,18+/m1/s1. The zero-order chi connectivity index (χ0) is 25.7. The number of carbonyl (C=O) groups is 2. The summed E-state index contributed by atoms with van der Waals surface area (Å²) in [6.07, 6.45) is 1.60. The molecular weight excluding hydrogens is 516 g/mol. The molecule has 4 heterocycles. The number of hydrogen-bond acceptors (Lipinski definition) is 14. The molecule has 0 aromatic carbocycles. The van der Waals surface area contributed by atoms with E-state index in [0.29, 0.717) is 11.5 Å². The molecule has 0 bridgehead atoms. The average molecular weight is 541 g/mol. The highest BCUT2D eigenvalue weighted by Gasteiger charge is 2.30. The Hall–Kier alpha value is -3.08. The van der Waals surface area contributed by atoms with E-state index in [0.717, 1.165) is 0 Å². The molecule has 0 radical (unpaired) electrons. The maximum Gasteiger partial charge on any atom is 0.351 e. The average Bonchev–Trinajstić information content (AvgIpc) is 3.50. The van der Waals surface area contributed by atoms with Crippen LogP contribution in [0.3, 0.4) is 0 Å². The Balaban J connectivity index is 1.11. The highest BCUT2D eigenvalue weighted by molar-refractivity contribution is 8.00. The molecule has 0 amide bonds. The van der Waals surface area contributed by atoms with Crippen molar-refractivity contribution in [3.8, 4) is 0 Å². The van der Waals surface area contributed by atoms with Crippen LogP contribution >= 0.6 is 23.5 Å². The highest BCUT2D eigenvalue weighted by Crippen LogP contribution is 2.32. The molecule has 194 valence electrons. The molecule has 36 heavy (non-hydrogen) atoms. The molecule has 2 fully saturated rings. The summed E-state index contributed by atoms with van der Waals surface area (Å²) in [6, 6.07) is 2.99. The second kappa shape index (κ2) is 11.8. The van der Waals surface area contributed by atoms with Crippen LogP contribution in [0, 0.1) is 0 Å². The summed E-state index contributed by atoms with van der Waals surface area (Å²) in [5, 5.41) is 0. The Labute approximate surface area is 212 Å². The Morgan fingerprint density at radius 3 is 1.67 bits per heavy atom. The number of esters is 2. The molecule has 14 nitrogen and oxygen atoms in total. The van der Waals surface area contributed by atoms with Crippen LogP contribution in [0.4, 0.5) is 11.6 Å². The van der Waals surface area contributed by atoms with Gasteiger partial charge < -0.3 is 30.4 Å². The lowest BCUT2D eigenvalue weighted by molar-refractivity contribution is -0.153. The number of rotatable bonds is 9. The second-order valence-corrected chi connectivity index (χ2v) is 10.0. The van der Waals surface area contributed by atoms with Gasteiger partial charge in [-0.2, -0.15) is 9.97 Å². The van der Waals surface area contributed by atoms with Crippen molar-refractivity contribution in [2.45, 2.75) is 36.2 Å². The predicted octanol–water partition coefficient (Wildman–Crippen LogP) is -0.293. The highest BCUT2D eigenvalue weighted by atomic mass is 32.2. The van der Waals surface area contributed by atoms with E-state index < -0.39 is 46.6 Å². The molecule has 0 aliphatic carbocycles. The fraction of sp³-hybridized carbons (Fsp3) is 0.500. The first kappa shape index (κ1) is 26.0. The number of hydrogen-bond donors (Lipinski definition) is 2. The summed E-state index contributed by atoms with van der Waals surface area (Å²) in [5.74, 6) is 0.0480. The van der Waals surface area contributed by atoms with Crippen LogP contribution in [0.5, 0.6) is 0 Å². The van der Waals surface area contributed by atoms with Crippen molar-refractivity contribution in [1.82, 2.24) is 19.1 Å². The summed E-state index contributed by atoms with van der Waals surface area (Å²) < 4.78 is 24.4. The topological polar surface area (TPSA) is 193 Å². The molecule has 2 aliphatic rings. The smallest absolute Gasteiger partial charge is 0.351 e. The summed E-state index contributed by atoms with van der Waals surface area (Å²) in [7, 11) is 0. The zero-order valence-corrected chi connectivity index (χ0v) is 20.5. The first-order valence-electron chi connectivity index (χ1n) is 10.8. The molecule has 4 atom stereocenters. The van der Waals surface area contributed by atoms with E-state index in [1.54, 1.807) is 0 Å². The lowest BCUT2D eigenvalue weighted by Gasteiger charge is -2.15. The van der Waals surface area contributed by atoms with Gasteiger partial charge in [-0.25, -0.2) is 9.59 Å². The van der Waals surface area contributed by atoms with E-state index in [1.807, 2.05) is 0 Å². The maximum atomic E-state index is 12.0. The van der Waals surface area contributed by atoms with Crippen LogP contribution in [0.2, 0.25) is 0 Å². The molecule has 2 aromatic heterocycles. The molecule has 0 spiro atoms. The predicted molar refractivity (Wildman–Crippen MR) is 130 cm³/mol. The normalized spacial score (nSPS) is 23.4. The largest absolute Gasteiger partial charge is 0.462 e. The van der Waals surface area contributed by atoms with Gasteiger partial charge in [0.2, 0.25) is 0 Å². The Morgan fingerprint density at radius 1 is 0.861 bits per heavy atom. The van der Waals surface area contributed by atoms with Crippen LogP contribution in [0.25, 0.3) is 0 Å². The van der Waals surface area contributed by atoms with E-state index in [-0.39, 0.29) is 37.7 Å². The zero-order valence-electron chi connectivity index (χ0n) is 18.9. The number of anilines is 2. The number of nitrogen functional groups attached to an aromatic ring is 2. The van der Waals surface area contributed by atoms with Gasteiger partial charge in [0, 0.05) is 23.9 Å². The number of nitrogens with zero attached hydrogens (tertiary/aromatic N) is 4. The van der Waals surface area contributed by atoms with E-state index >= 15 is 0 Å². The van der Waals surface area contributed by atoms with E-state index in [2.05, 4.69) is 9.97 Å². The van der Waals surface area contributed by atoms with Crippen LogP contribution in [0.15, 0.2) is 34.1 Å². The van der Waals surface area contributed by atoms with Crippen molar-refractivity contribution in [1.29, 1.82) is 0 Å². The fourth-order valence-corrected chi connectivity index (χ4v) is 5.29. The Kier molecular flexibility index (Phi) is 8.50. The number of ether oxygens (including phenoxy) is 4.